The zero-order valence-corrected chi connectivity index (χ0v) is 20.1. The maximum atomic E-state index is 14.1. The van der Waals surface area contributed by atoms with Crippen molar-refractivity contribution in [2.45, 2.75) is 32.7 Å². The second-order valence-electron chi connectivity index (χ2n) is 8.93. The van der Waals surface area contributed by atoms with Crippen molar-refractivity contribution in [2.24, 2.45) is 0 Å². The van der Waals surface area contributed by atoms with E-state index < -0.39 is 0 Å². The summed E-state index contributed by atoms with van der Waals surface area (Å²) in [7, 11) is 0. The average molecular weight is 468 g/mol. The number of fused-ring (bicyclic) bond motifs is 3. The summed E-state index contributed by atoms with van der Waals surface area (Å²) in [6.07, 6.45) is 5.24. The molecule has 2 aromatic heterocycles. The fraction of sp³-hybridized carbons (Fsp3) is 0.241. The van der Waals surface area contributed by atoms with Gasteiger partial charge in [0.15, 0.2) is 5.76 Å². The van der Waals surface area contributed by atoms with Crippen LogP contribution < -0.4 is 4.90 Å². The molecule has 5 rings (SSSR count). The van der Waals surface area contributed by atoms with E-state index in [9.17, 15) is 9.59 Å². The van der Waals surface area contributed by atoms with Crippen LogP contribution in [0.15, 0.2) is 89.7 Å². The second-order valence-corrected chi connectivity index (χ2v) is 8.93. The molecule has 0 bridgehead atoms. The lowest BCUT2D eigenvalue weighted by atomic mass is 9.97. The molecule has 3 heterocycles. The lowest BCUT2D eigenvalue weighted by molar-refractivity contribution is -0.119. The normalized spacial score (nSPS) is 14.3. The fourth-order valence-corrected chi connectivity index (χ4v) is 4.72. The third kappa shape index (κ3) is 4.28. The molecule has 1 atom stereocenters. The summed E-state index contributed by atoms with van der Waals surface area (Å²) in [6, 6.07) is 23.3. The van der Waals surface area contributed by atoms with Crippen molar-refractivity contribution < 1.29 is 14.0 Å². The van der Waals surface area contributed by atoms with Gasteiger partial charge < -0.3 is 13.9 Å². The molecule has 6 heteroatoms. The first-order valence-corrected chi connectivity index (χ1v) is 12.1. The second kappa shape index (κ2) is 9.66. The first-order chi connectivity index (χ1) is 17.1. The van der Waals surface area contributed by atoms with Gasteiger partial charge in [-0.15, -0.1) is 0 Å². The minimum Gasteiger partial charge on any atom is -0.459 e. The summed E-state index contributed by atoms with van der Waals surface area (Å²) >= 11 is 0. The summed E-state index contributed by atoms with van der Waals surface area (Å²) in [5.74, 6) is -0.152. The lowest BCUT2D eigenvalue weighted by Crippen LogP contribution is -2.47. The number of hydrogen-bond donors (Lipinski definition) is 0. The molecule has 0 saturated heterocycles. The Labute approximate surface area is 205 Å². The van der Waals surface area contributed by atoms with E-state index in [4.69, 9.17) is 4.42 Å². The molecule has 0 saturated carbocycles. The van der Waals surface area contributed by atoms with Crippen molar-refractivity contribution in [3.05, 3.63) is 108 Å². The van der Waals surface area contributed by atoms with Crippen LogP contribution in [0.25, 0.3) is 5.69 Å². The van der Waals surface area contributed by atoms with Gasteiger partial charge in [0.05, 0.1) is 23.3 Å². The molecule has 35 heavy (non-hydrogen) atoms. The lowest BCUT2D eigenvalue weighted by Gasteiger charge is -2.39. The zero-order chi connectivity index (χ0) is 24.4. The molecule has 6 nitrogen and oxygen atoms in total. The number of carbonyl (C=O) groups is 2. The number of unbranched alkanes of at least 4 members (excludes halogenated alkanes) is 1. The number of anilines is 1. The summed E-state index contributed by atoms with van der Waals surface area (Å²) in [6.45, 7) is 4.58. The number of nitrogens with zero attached hydrogens (tertiary/aromatic N) is 3. The number of benzene rings is 2. The SMILES string of the molecule is CCCCN(CC(=O)N1c2ccccc2-n2cccc2C1c1ccc(C)cc1)C(=O)c1ccco1. The van der Waals surface area contributed by atoms with E-state index in [1.165, 1.54) is 6.26 Å². The van der Waals surface area contributed by atoms with Crippen LogP contribution in [0.2, 0.25) is 0 Å². The molecule has 4 aromatic rings. The first kappa shape index (κ1) is 22.7. The van der Waals surface area contributed by atoms with Crippen molar-refractivity contribution in [3.8, 4) is 5.69 Å². The van der Waals surface area contributed by atoms with Gasteiger partial charge in [0.2, 0.25) is 5.91 Å². The number of rotatable bonds is 7. The number of carbonyl (C=O) groups excluding carboxylic acids is 2. The maximum Gasteiger partial charge on any atom is 0.290 e. The van der Waals surface area contributed by atoms with Crippen LogP contribution in [0.4, 0.5) is 5.69 Å². The predicted octanol–water partition coefficient (Wildman–Crippen LogP) is 5.76. The van der Waals surface area contributed by atoms with Gasteiger partial charge in [-0.25, -0.2) is 0 Å². The molecule has 0 N–H and O–H groups in total. The Hall–Kier alpha value is -4.06. The number of para-hydroxylation sites is 2. The van der Waals surface area contributed by atoms with Crippen LogP contribution >= 0.6 is 0 Å². The molecule has 1 aliphatic heterocycles. The highest BCUT2D eigenvalue weighted by atomic mass is 16.3. The summed E-state index contributed by atoms with van der Waals surface area (Å²) < 4.78 is 7.50. The van der Waals surface area contributed by atoms with Crippen molar-refractivity contribution in [1.82, 2.24) is 9.47 Å². The van der Waals surface area contributed by atoms with Crippen LogP contribution in [-0.2, 0) is 4.79 Å². The maximum absolute atomic E-state index is 14.1. The Morgan fingerprint density at radius 1 is 0.943 bits per heavy atom. The van der Waals surface area contributed by atoms with Crippen LogP contribution in [0.5, 0.6) is 0 Å². The van der Waals surface area contributed by atoms with E-state index in [2.05, 4.69) is 48.7 Å². The molecule has 178 valence electrons. The molecule has 2 aromatic carbocycles. The minimum atomic E-state index is -0.306. The molecule has 2 amide bonds. The van der Waals surface area contributed by atoms with Gasteiger partial charge in [-0.05, 0) is 55.3 Å². The quantitative estimate of drug-likeness (QED) is 0.347. The van der Waals surface area contributed by atoms with Crippen molar-refractivity contribution in [2.75, 3.05) is 18.0 Å². The fourth-order valence-electron chi connectivity index (χ4n) is 4.72. The predicted molar refractivity (Wildman–Crippen MR) is 136 cm³/mol. The van der Waals surface area contributed by atoms with Crippen LogP contribution in [0.1, 0.15) is 53.2 Å². The average Bonchev–Trinajstić information content (AvgIpc) is 3.58. The highest BCUT2D eigenvalue weighted by molar-refractivity contribution is 6.02. The van der Waals surface area contributed by atoms with Gasteiger partial charge in [0.25, 0.3) is 5.91 Å². The van der Waals surface area contributed by atoms with Gasteiger partial charge in [0, 0.05) is 12.7 Å². The number of hydrogen-bond acceptors (Lipinski definition) is 3. The molecule has 0 fully saturated rings. The number of aromatic nitrogens is 1. The zero-order valence-electron chi connectivity index (χ0n) is 20.1. The van der Waals surface area contributed by atoms with E-state index in [1.807, 2.05) is 41.4 Å². The Bertz CT molecular complexity index is 1320. The third-order valence-corrected chi connectivity index (χ3v) is 6.51. The van der Waals surface area contributed by atoms with Gasteiger partial charge in [-0.2, -0.15) is 0 Å². The standard InChI is InChI=1S/C29H29N3O3/c1-3-4-17-30(29(34)26-12-8-19-35-26)20-27(33)32-24-10-6-5-9-23(24)31-18-7-11-25(31)28(32)22-15-13-21(2)14-16-22/h5-16,18-19,28H,3-4,17,20H2,1-2H3. The highest BCUT2D eigenvalue weighted by Crippen LogP contribution is 2.42. The number of furan rings is 1. The summed E-state index contributed by atoms with van der Waals surface area (Å²) in [5.41, 5.74) is 4.97. The van der Waals surface area contributed by atoms with Gasteiger partial charge in [0.1, 0.15) is 12.6 Å². The highest BCUT2D eigenvalue weighted by Gasteiger charge is 2.37. The van der Waals surface area contributed by atoms with E-state index in [0.717, 1.165) is 41.0 Å². The summed E-state index contributed by atoms with van der Waals surface area (Å²) in [5, 5.41) is 0. The van der Waals surface area contributed by atoms with E-state index in [1.54, 1.807) is 17.0 Å². The molecular weight excluding hydrogens is 438 g/mol. The molecule has 0 aliphatic carbocycles. The van der Waals surface area contributed by atoms with Crippen LogP contribution in [-0.4, -0.2) is 34.4 Å². The topological polar surface area (TPSA) is 58.7 Å². The third-order valence-electron chi connectivity index (χ3n) is 6.51. The largest absolute Gasteiger partial charge is 0.459 e. The van der Waals surface area contributed by atoms with Crippen molar-refractivity contribution >= 4 is 17.5 Å². The van der Waals surface area contributed by atoms with Gasteiger partial charge in [-0.3, -0.25) is 14.5 Å². The Balaban J connectivity index is 1.56. The summed E-state index contributed by atoms with van der Waals surface area (Å²) in [4.78, 5) is 30.7. The smallest absolute Gasteiger partial charge is 0.290 e. The van der Waals surface area contributed by atoms with E-state index in [-0.39, 0.29) is 30.2 Å². The first-order valence-electron chi connectivity index (χ1n) is 12.1. The Morgan fingerprint density at radius 3 is 2.43 bits per heavy atom. The number of amides is 2. The van der Waals surface area contributed by atoms with Gasteiger partial charge >= 0.3 is 0 Å². The molecule has 0 spiro atoms. The monoisotopic (exact) mass is 467 g/mol. The van der Waals surface area contributed by atoms with Crippen LogP contribution in [0.3, 0.4) is 0 Å². The van der Waals surface area contributed by atoms with Gasteiger partial charge in [-0.1, -0.05) is 55.3 Å². The number of aryl methyl sites for hydroxylation is 1. The molecule has 1 aliphatic rings. The van der Waals surface area contributed by atoms with Crippen molar-refractivity contribution in [1.29, 1.82) is 0 Å². The molecule has 0 radical (unpaired) electrons. The Morgan fingerprint density at radius 2 is 1.71 bits per heavy atom. The molecular formula is C29H29N3O3. The van der Waals surface area contributed by atoms with E-state index >= 15 is 0 Å². The minimum absolute atomic E-state index is 0.0308. The molecule has 1 unspecified atom stereocenters. The Kier molecular flexibility index (Phi) is 6.27. The van der Waals surface area contributed by atoms with Crippen LogP contribution in [0, 0.1) is 6.92 Å². The van der Waals surface area contributed by atoms with Crippen molar-refractivity contribution in [3.63, 3.8) is 0 Å². The van der Waals surface area contributed by atoms with E-state index in [0.29, 0.717) is 6.54 Å².